The van der Waals surface area contributed by atoms with E-state index in [1.807, 2.05) is 0 Å². The number of nitrogens with one attached hydrogen (secondary N) is 1. The molecule has 1 saturated heterocycles. The van der Waals surface area contributed by atoms with Crippen molar-refractivity contribution in [1.82, 2.24) is 4.72 Å². The van der Waals surface area contributed by atoms with Crippen molar-refractivity contribution >= 4 is 38.1 Å². The standard InChI is InChI=1S/C11H15ClN2O3S2/c12-10-2-1-8(13)7-11(10)19(16,17)14-9-3-5-18(15)6-4-9/h1-2,7,9,14H,3-6,13H2. The highest BCUT2D eigenvalue weighted by Crippen LogP contribution is 2.24. The van der Waals surface area contributed by atoms with E-state index in [2.05, 4.69) is 4.72 Å². The van der Waals surface area contributed by atoms with Gasteiger partial charge >= 0.3 is 0 Å². The van der Waals surface area contributed by atoms with Gasteiger partial charge in [0.25, 0.3) is 0 Å². The molecule has 0 atom stereocenters. The van der Waals surface area contributed by atoms with Crippen LogP contribution in [0.2, 0.25) is 5.02 Å². The molecule has 0 aromatic heterocycles. The van der Waals surface area contributed by atoms with E-state index in [1.54, 1.807) is 6.07 Å². The molecule has 0 radical (unpaired) electrons. The van der Waals surface area contributed by atoms with Crippen molar-refractivity contribution in [2.45, 2.75) is 23.8 Å². The number of hydrogen-bond acceptors (Lipinski definition) is 4. The van der Waals surface area contributed by atoms with Crippen molar-refractivity contribution in [3.05, 3.63) is 23.2 Å². The molecule has 1 aliphatic rings. The molecule has 2 rings (SSSR count). The van der Waals surface area contributed by atoms with Crippen molar-refractivity contribution in [2.75, 3.05) is 17.2 Å². The number of sulfonamides is 1. The second kappa shape index (κ2) is 5.78. The average molecular weight is 323 g/mol. The second-order valence-electron chi connectivity index (χ2n) is 4.43. The first-order valence-electron chi connectivity index (χ1n) is 5.81. The number of halogens is 1. The van der Waals surface area contributed by atoms with Crippen LogP contribution in [0.1, 0.15) is 12.8 Å². The van der Waals surface area contributed by atoms with Crippen LogP contribution in [0.25, 0.3) is 0 Å². The molecule has 8 heteroatoms. The van der Waals surface area contributed by atoms with Crippen LogP contribution in [-0.2, 0) is 20.8 Å². The van der Waals surface area contributed by atoms with Gasteiger partial charge in [-0.1, -0.05) is 11.6 Å². The number of nitrogen functional groups attached to an aromatic ring is 1. The van der Waals surface area contributed by atoms with Crippen LogP contribution in [0.5, 0.6) is 0 Å². The third-order valence-electron chi connectivity index (χ3n) is 2.95. The molecule has 106 valence electrons. The topological polar surface area (TPSA) is 89.3 Å². The highest BCUT2D eigenvalue weighted by atomic mass is 35.5. The summed E-state index contributed by atoms with van der Waals surface area (Å²) < 4.78 is 38.3. The smallest absolute Gasteiger partial charge is 0.242 e. The molecule has 1 fully saturated rings. The fraction of sp³-hybridized carbons (Fsp3) is 0.455. The van der Waals surface area contributed by atoms with Crippen LogP contribution in [-0.4, -0.2) is 30.2 Å². The Morgan fingerprint density at radius 3 is 2.58 bits per heavy atom. The summed E-state index contributed by atoms with van der Waals surface area (Å²) in [6, 6.07) is 4.15. The monoisotopic (exact) mass is 322 g/mol. The van der Waals surface area contributed by atoms with Gasteiger partial charge in [0.05, 0.1) is 5.02 Å². The number of nitrogens with two attached hydrogens (primary N) is 1. The number of anilines is 1. The van der Waals surface area contributed by atoms with Crippen molar-refractivity contribution in [3.63, 3.8) is 0 Å². The lowest BCUT2D eigenvalue weighted by atomic mass is 10.2. The molecule has 1 aromatic carbocycles. The number of benzene rings is 1. The maximum absolute atomic E-state index is 12.2. The molecule has 0 aliphatic carbocycles. The van der Waals surface area contributed by atoms with Crippen LogP contribution in [0.3, 0.4) is 0 Å². The largest absolute Gasteiger partial charge is 0.399 e. The van der Waals surface area contributed by atoms with Crippen molar-refractivity contribution < 1.29 is 12.6 Å². The van der Waals surface area contributed by atoms with Gasteiger partial charge < -0.3 is 5.73 Å². The molecule has 3 N–H and O–H groups in total. The van der Waals surface area contributed by atoms with E-state index in [-0.39, 0.29) is 16.0 Å². The summed E-state index contributed by atoms with van der Waals surface area (Å²) in [4.78, 5) is -0.0131. The number of hydrogen-bond donors (Lipinski definition) is 2. The molecule has 5 nitrogen and oxygen atoms in total. The third kappa shape index (κ3) is 3.68. The molecular formula is C11H15ClN2O3S2. The lowest BCUT2D eigenvalue weighted by Crippen LogP contribution is -2.39. The SMILES string of the molecule is Nc1ccc(Cl)c(S(=O)(=O)NC2CCS(=O)CC2)c1. The summed E-state index contributed by atoms with van der Waals surface area (Å²) in [5.41, 5.74) is 5.93. The molecule has 1 heterocycles. The van der Waals surface area contributed by atoms with Crippen LogP contribution in [0.15, 0.2) is 23.1 Å². The minimum Gasteiger partial charge on any atom is -0.399 e. The lowest BCUT2D eigenvalue weighted by Gasteiger charge is -2.22. The maximum Gasteiger partial charge on any atom is 0.242 e. The van der Waals surface area contributed by atoms with Gasteiger partial charge in [0.2, 0.25) is 10.0 Å². The fourth-order valence-corrected chi connectivity index (χ4v) is 5.06. The van der Waals surface area contributed by atoms with E-state index < -0.39 is 20.8 Å². The molecule has 0 saturated carbocycles. The minimum absolute atomic E-state index is 0.0131. The first-order chi connectivity index (χ1) is 8.88. The van der Waals surface area contributed by atoms with E-state index in [1.165, 1.54) is 12.1 Å². The van der Waals surface area contributed by atoms with E-state index in [9.17, 15) is 12.6 Å². The van der Waals surface area contributed by atoms with Gasteiger partial charge in [-0.3, -0.25) is 4.21 Å². The average Bonchev–Trinajstić information content (AvgIpc) is 2.35. The summed E-state index contributed by atoms with van der Waals surface area (Å²) in [6.07, 6.45) is 1.15. The molecule has 1 aromatic rings. The Morgan fingerprint density at radius 1 is 1.32 bits per heavy atom. The first-order valence-corrected chi connectivity index (χ1v) is 9.16. The molecule has 0 amide bonds. The Balaban J connectivity index is 2.18. The Hall–Kier alpha value is -0.630. The normalized spacial score (nSPS) is 24.3. The van der Waals surface area contributed by atoms with Crippen LogP contribution in [0.4, 0.5) is 5.69 Å². The van der Waals surface area contributed by atoms with Crippen molar-refractivity contribution in [3.8, 4) is 0 Å². The highest BCUT2D eigenvalue weighted by Gasteiger charge is 2.25. The van der Waals surface area contributed by atoms with Gasteiger partial charge in [-0.25, -0.2) is 13.1 Å². The Morgan fingerprint density at radius 2 is 1.95 bits per heavy atom. The van der Waals surface area contributed by atoms with E-state index >= 15 is 0 Å². The van der Waals surface area contributed by atoms with Gasteiger partial charge in [-0.2, -0.15) is 0 Å². The molecule has 0 unspecified atom stereocenters. The minimum atomic E-state index is -3.69. The van der Waals surface area contributed by atoms with Crippen LogP contribution < -0.4 is 10.5 Å². The fourth-order valence-electron chi connectivity index (χ4n) is 1.92. The molecule has 19 heavy (non-hydrogen) atoms. The second-order valence-corrected chi connectivity index (χ2v) is 8.22. The quantitative estimate of drug-likeness (QED) is 0.816. The van der Waals surface area contributed by atoms with Crippen molar-refractivity contribution in [1.29, 1.82) is 0 Å². The number of rotatable bonds is 3. The van der Waals surface area contributed by atoms with Crippen LogP contribution in [0, 0.1) is 0 Å². The maximum atomic E-state index is 12.2. The zero-order valence-corrected chi connectivity index (χ0v) is 12.5. The van der Waals surface area contributed by atoms with Gasteiger partial charge in [-0.05, 0) is 31.0 Å². The van der Waals surface area contributed by atoms with Crippen LogP contribution >= 0.6 is 11.6 Å². The lowest BCUT2D eigenvalue weighted by molar-refractivity contribution is 0.522. The summed E-state index contributed by atoms with van der Waals surface area (Å²) in [5.74, 6) is 1.05. The molecule has 0 bridgehead atoms. The van der Waals surface area contributed by atoms with Gasteiger partial charge in [-0.15, -0.1) is 0 Å². The molecule has 0 spiro atoms. The molecule has 1 aliphatic heterocycles. The Kier molecular flexibility index (Phi) is 4.50. The van der Waals surface area contributed by atoms with E-state index in [0.29, 0.717) is 30.0 Å². The highest BCUT2D eigenvalue weighted by molar-refractivity contribution is 7.89. The van der Waals surface area contributed by atoms with Gasteiger partial charge in [0.1, 0.15) is 4.90 Å². The zero-order chi connectivity index (χ0) is 14.0. The van der Waals surface area contributed by atoms with Gasteiger partial charge in [0.15, 0.2) is 0 Å². The molecular weight excluding hydrogens is 308 g/mol. The summed E-state index contributed by atoms with van der Waals surface area (Å²) in [6.45, 7) is 0. The summed E-state index contributed by atoms with van der Waals surface area (Å²) >= 11 is 5.90. The predicted molar refractivity (Wildman–Crippen MR) is 77.1 cm³/mol. The van der Waals surface area contributed by atoms with Gasteiger partial charge in [0, 0.05) is 34.0 Å². The Bertz CT molecular complexity index is 594. The first kappa shape index (κ1) is 14.8. The predicted octanol–water partition coefficient (Wildman–Crippen LogP) is 1.11. The zero-order valence-electron chi connectivity index (χ0n) is 10.1. The van der Waals surface area contributed by atoms with E-state index in [0.717, 1.165) is 0 Å². The summed E-state index contributed by atoms with van der Waals surface area (Å²) in [7, 11) is -4.51. The summed E-state index contributed by atoms with van der Waals surface area (Å²) in [5, 5.41) is 0.140. The van der Waals surface area contributed by atoms with E-state index in [4.69, 9.17) is 17.3 Å². The Labute approximate surface area is 120 Å². The van der Waals surface area contributed by atoms with Crippen molar-refractivity contribution in [2.24, 2.45) is 0 Å². The third-order valence-corrected chi connectivity index (χ3v) is 6.34.